The molecule has 1 rings (SSSR count). The van der Waals surface area contributed by atoms with Gasteiger partial charge < -0.3 is 15.6 Å². The second-order valence-electron chi connectivity index (χ2n) is 4.00. The minimum absolute atomic E-state index is 0.00292. The summed E-state index contributed by atoms with van der Waals surface area (Å²) in [5.74, 6) is -0.260. The lowest BCUT2D eigenvalue weighted by atomic mass is 9.92. The largest absolute Gasteiger partial charge is 0.504 e. The van der Waals surface area contributed by atoms with Gasteiger partial charge in [-0.05, 0) is 31.9 Å². The highest BCUT2D eigenvalue weighted by atomic mass is 19.1. The average Bonchev–Trinajstić information content (AvgIpc) is 2.27. The van der Waals surface area contributed by atoms with Crippen LogP contribution in [0.15, 0.2) is 0 Å². The van der Waals surface area contributed by atoms with Gasteiger partial charge in [-0.25, -0.2) is 4.39 Å². The molecule has 4 heteroatoms. The molecule has 0 aromatic heterocycles. The van der Waals surface area contributed by atoms with Gasteiger partial charge in [-0.2, -0.15) is 0 Å². The van der Waals surface area contributed by atoms with Crippen LogP contribution in [0, 0.1) is 19.7 Å². The Bertz CT molecular complexity index is 405. The van der Waals surface area contributed by atoms with Gasteiger partial charge in [0.1, 0.15) is 5.82 Å². The minimum atomic E-state index is -0.343. The maximum atomic E-state index is 13.9. The van der Waals surface area contributed by atoms with E-state index in [9.17, 15) is 9.50 Å². The van der Waals surface area contributed by atoms with Crippen LogP contribution in [0.3, 0.4) is 0 Å². The first-order valence-corrected chi connectivity index (χ1v) is 5.21. The molecule has 1 aromatic rings. The molecule has 0 spiro atoms. The van der Waals surface area contributed by atoms with Crippen LogP contribution >= 0.6 is 0 Å². The van der Waals surface area contributed by atoms with Crippen molar-refractivity contribution in [2.75, 3.05) is 13.7 Å². The van der Waals surface area contributed by atoms with E-state index in [0.29, 0.717) is 23.2 Å². The predicted molar refractivity (Wildman–Crippen MR) is 61.6 cm³/mol. The highest BCUT2D eigenvalue weighted by Gasteiger charge is 2.22. The maximum absolute atomic E-state index is 13.9. The number of aromatic hydroxyl groups is 1. The molecule has 1 atom stereocenters. The number of methoxy groups -OCH3 is 1. The molecule has 0 heterocycles. The molecule has 16 heavy (non-hydrogen) atoms. The van der Waals surface area contributed by atoms with Crippen LogP contribution in [-0.4, -0.2) is 18.8 Å². The molecule has 0 radical (unpaired) electrons. The number of benzene rings is 1. The third kappa shape index (κ3) is 1.85. The van der Waals surface area contributed by atoms with Crippen molar-refractivity contribution in [3.05, 3.63) is 22.5 Å². The molecule has 1 aromatic carbocycles. The number of nitrogens with two attached hydrogens (primary N) is 1. The fourth-order valence-electron chi connectivity index (χ4n) is 1.95. The van der Waals surface area contributed by atoms with Crippen molar-refractivity contribution in [2.45, 2.75) is 26.7 Å². The van der Waals surface area contributed by atoms with Crippen LogP contribution < -0.4 is 10.5 Å². The van der Waals surface area contributed by atoms with E-state index in [0.717, 1.165) is 0 Å². The standard InChI is InChI=1S/C12H18FNO2/c1-6(5-14)9-7(2)10(13)8(3)12(16-4)11(9)15/h6,15H,5,14H2,1-4H3. The zero-order chi connectivity index (χ0) is 12.5. The normalized spacial score (nSPS) is 12.6. The fraction of sp³-hybridized carbons (Fsp3) is 0.500. The Balaban J connectivity index is 3.55. The molecule has 0 aliphatic heterocycles. The molecular weight excluding hydrogens is 209 g/mol. The van der Waals surface area contributed by atoms with Crippen LogP contribution in [-0.2, 0) is 0 Å². The molecule has 0 aliphatic carbocycles. The zero-order valence-electron chi connectivity index (χ0n) is 10.1. The average molecular weight is 227 g/mol. The van der Waals surface area contributed by atoms with Crippen molar-refractivity contribution < 1.29 is 14.2 Å². The summed E-state index contributed by atoms with van der Waals surface area (Å²) in [4.78, 5) is 0. The van der Waals surface area contributed by atoms with E-state index >= 15 is 0 Å². The highest BCUT2D eigenvalue weighted by Crippen LogP contribution is 2.41. The van der Waals surface area contributed by atoms with E-state index in [1.54, 1.807) is 13.8 Å². The van der Waals surface area contributed by atoms with Crippen molar-refractivity contribution in [1.29, 1.82) is 0 Å². The fourth-order valence-corrected chi connectivity index (χ4v) is 1.95. The molecule has 90 valence electrons. The van der Waals surface area contributed by atoms with Gasteiger partial charge >= 0.3 is 0 Å². The van der Waals surface area contributed by atoms with Crippen LogP contribution in [0.2, 0.25) is 0 Å². The molecule has 0 saturated carbocycles. The van der Waals surface area contributed by atoms with Gasteiger partial charge in [0.2, 0.25) is 0 Å². The second-order valence-corrected chi connectivity index (χ2v) is 4.00. The Hall–Kier alpha value is -1.29. The third-order valence-corrected chi connectivity index (χ3v) is 2.92. The summed E-state index contributed by atoms with van der Waals surface area (Å²) in [5.41, 5.74) is 6.84. The Morgan fingerprint density at radius 2 is 1.94 bits per heavy atom. The topological polar surface area (TPSA) is 55.5 Å². The third-order valence-electron chi connectivity index (χ3n) is 2.92. The molecular formula is C12H18FNO2. The number of hydrogen-bond acceptors (Lipinski definition) is 3. The van der Waals surface area contributed by atoms with Gasteiger partial charge in [0.25, 0.3) is 0 Å². The summed E-state index contributed by atoms with van der Waals surface area (Å²) >= 11 is 0. The van der Waals surface area contributed by atoms with Crippen LogP contribution in [0.5, 0.6) is 11.5 Å². The molecule has 0 amide bonds. The molecule has 0 aliphatic rings. The van der Waals surface area contributed by atoms with E-state index in [1.807, 2.05) is 6.92 Å². The summed E-state index contributed by atoms with van der Waals surface area (Å²) in [5, 5.41) is 10.0. The lowest BCUT2D eigenvalue weighted by Crippen LogP contribution is -2.12. The van der Waals surface area contributed by atoms with E-state index in [1.165, 1.54) is 7.11 Å². The van der Waals surface area contributed by atoms with Crippen molar-refractivity contribution in [3.63, 3.8) is 0 Å². The molecule has 0 bridgehead atoms. The summed E-state index contributed by atoms with van der Waals surface area (Å²) in [7, 11) is 1.41. The van der Waals surface area contributed by atoms with Gasteiger partial charge in [0.05, 0.1) is 7.11 Å². The van der Waals surface area contributed by atoms with Crippen molar-refractivity contribution in [2.24, 2.45) is 5.73 Å². The number of phenols is 1. The Morgan fingerprint density at radius 1 is 1.38 bits per heavy atom. The van der Waals surface area contributed by atoms with Crippen LogP contribution in [0.25, 0.3) is 0 Å². The monoisotopic (exact) mass is 227 g/mol. The summed E-state index contributed by atoms with van der Waals surface area (Å²) in [6.07, 6.45) is 0. The van der Waals surface area contributed by atoms with Crippen LogP contribution in [0.1, 0.15) is 29.5 Å². The van der Waals surface area contributed by atoms with Gasteiger partial charge in [0, 0.05) is 11.1 Å². The van der Waals surface area contributed by atoms with E-state index < -0.39 is 0 Å². The summed E-state index contributed by atoms with van der Waals surface area (Å²) in [6, 6.07) is 0. The van der Waals surface area contributed by atoms with Gasteiger partial charge in [-0.15, -0.1) is 0 Å². The Labute approximate surface area is 95.0 Å². The molecule has 0 fully saturated rings. The van der Waals surface area contributed by atoms with Gasteiger partial charge in [0.15, 0.2) is 11.5 Å². The predicted octanol–water partition coefficient (Wildman–Crippen LogP) is 2.22. The molecule has 1 unspecified atom stereocenters. The quantitative estimate of drug-likeness (QED) is 0.832. The highest BCUT2D eigenvalue weighted by molar-refractivity contribution is 5.56. The van der Waals surface area contributed by atoms with Crippen LogP contribution in [0.4, 0.5) is 4.39 Å². The number of phenolic OH excluding ortho intramolecular Hbond substituents is 1. The molecule has 3 N–H and O–H groups in total. The first kappa shape index (κ1) is 12.8. The first-order valence-electron chi connectivity index (χ1n) is 5.21. The summed E-state index contributed by atoms with van der Waals surface area (Å²) in [6.45, 7) is 5.41. The smallest absolute Gasteiger partial charge is 0.166 e. The van der Waals surface area contributed by atoms with Crippen molar-refractivity contribution in [3.8, 4) is 11.5 Å². The van der Waals surface area contributed by atoms with E-state index in [4.69, 9.17) is 10.5 Å². The SMILES string of the molecule is COc1c(C)c(F)c(C)c(C(C)CN)c1O. The number of halogens is 1. The second kappa shape index (κ2) is 4.70. The first-order chi connectivity index (χ1) is 7.45. The van der Waals surface area contributed by atoms with Gasteiger partial charge in [-0.1, -0.05) is 6.92 Å². The lowest BCUT2D eigenvalue weighted by Gasteiger charge is -2.19. The van der Waals surface area contributed by atoms with Gasteiger partial charge in [-0.3, -0.25) is 0 Å². The van der Waals surface area contributed by atoms with E-state index in [-0.39, 0.29) is 23.2 Å². The maximum Gasteiger partial charge on any atom is 0.166 e. The Morgan fingerprint density at radius 3 is 2.38 bits per heavy atom. The summed E-state index contributed by atoms with van der Waals surface area (Å²) < 4.78 is 18.9. The van der Waals surface area contributed by atoms with Crippen molar-refractivity contribution in [1.82, 2.24) is 0 Å². The lowest BCUT2D eigenvalue weighted by molar-refractivity contribution is 0.361. The number of rotatable bonds is 3. The molecule has 0 saturated heterocycles. The zero-order valence-corrected chi connectivity index (χ0v) is 10.1. The Kier molecular flexibility index (Phi) is 3.75. The number of ether oxygens (including phenoxy) is 1. The molecule has 3 nitrogen and oxygen atoms in total. The number of hydrogen-bond donors (Lipinski definition) is 2. The van der Waals surface area contributed by atoms with Crippen molar-refractivity contribution >= 4 is 0 Å². The van der Waals surface area contributed by atoms with E-state index in [2.05, 4.69) is 0 Å². The minimum Gasteiger partial charge on any atom is -0.504 e.